The maximum atomic E-state index is 12.4. The minimum atomic E-state index is -0.892. The van der Waals surface area contributed by atoms with Gasteiger partial charge in [0.25, 0.3) is 5.91 Å². The normalized spacial score (nSPS) is 15.7. The number of hydrogen-bond acceptors (Lipinski definition) is 5. The van der Waals surface area contributed by atoms with Gasteiger partial charge >= 0.3 is 5.97 Å². The second-order valence-electron chi connectivity index (χ2n) is 5.34. The lowest BCUT2D eigenvalue weighted by Crippen LogP contribution is -2.33. The molecule has 1 saturated heterocycles. The van der Waals surface area contributed by atoms with Gasteiger partial charge < -0.3 is 10.4 Å². The second-order valence-corrected chi connectivity index (χ2v) is 7.02. The third-order valence-electron chi connectivity index (χ3n) is 3.42. The molecule has 0 atom stereocenters. The molecule has 0 unspecified atom stereocenters. The van der Waals surface area contributed by atoms with Crippen LogP contribution in [0.4, 0.5) is 0 Å². The van der Waals surface area contributed by atoms with E-state index in [2.05, 4.69) is 5.32 Å². The standard InChI is InChI=1S/C17H18N2O4S2/c20-14(18-9-4-7-15(21)22)8-10-19-16(23)13(25-17(19)24)11-12-5-2-1-3-6-12/h1-3,5-6,11H,4,7-10H2,(H,18,20)(H,21,22)/b13-11-. The predicted octanol–water partition coefficient (Wildman–Crippen LogP) is 2.26. The van der Waals surface area contributed by atoms with Crippen LogP contribution >= 0.6 is 24.0 Å². The number of amides is 2. The Labute approximate surface area is 155 Å². The first-order valence-electron chi connectivity index (χ1n) is 7.76. The van der Waals surface area contributed by atoms with E-state index < -0.39 is 5.97 Å². The molecule has 0 radical (unpaired) electrons. The number of carbonyl (C=O) groups excluding carboxylic acids is 2. The summed E-state index contributed by atoms with van der Waals surface area (Å²) in [5.74, 6) is -1.32. The smallest absolute Gasteiger partial charge is 0.303 e. The number of aliphatic carboxylic acids is 1. The summed E-state index contributed by atoms with van der Waals surface area (Å²) in [5, 5.41) is 11.2. The van der Waals surface area contributed by atoms with Crippen LogP contribution < -0.4 is 5.32 Å². The molecule has 2 rings (SSSR count). The second kappa shape index (κ2) is 9.33. The summed E-state index contributed by atoms with van der Waals surface area (Å²) in [6.45, 7) is 0.513. The molecule has 1 aliphatic rings. The van der Waals surface area contributed by atoms with Gasteiger partial charge in [-0.1, -0.05) is 54.3 Å². The molecule has 6 nitrogen and oxygen atoms in total. The maximum Gasteiger partial charge on any atom is 0.303 e. The summed E-state index contributed by atoms with van der Waals surface area (Å²) < 4.78 is 0.436. The number of benzene rings is 1. The highest BCUT2D eigenvalue weighted by atomic mass is 32.2. The molecule has 25 heavy (non-hydrogen) atoms. The fraction of sp³-hybridized carbons (Fsp3) is 0.294. The number of carboxylic acids is 1. The van der Waals surface area contributed by atoms with Gasteiger partial charge in [0.1, 0.15) is 4.32 Å². The van der Waals surface area contributed by atoms with Gasteiger partial charge in [-0.15, -0.1) is 0 Å². The summed E-state index contributed by atoms with van der Waals surface area (Å²) >= 11 is 6.45. The van der Waals surface area contributed by atoms with E-state index in [4.69, 9.17) is 17.3 Å². The van der Waals surface area contributed by atoms with Gasteiger partial charge in [0.15, 0.2) is 0 Å². The zero-order chi connectivity index (χ0) is 18.2. The molecule has 8 heteroatoms. The quantitative estimate of drug-likeness (QED) is 0.410. The van der Waals surface area contributed by atoms with E-state index in [-0.39, 0.29) is 31.2 Å². The molecule has 132 valence electrons. The Morgan fingerprint density at radius 2 is 1.96 bits per heavy atom. The first kappa shape index (κ1) is 19.1. The van der Waals surface area contributed by atoms with Crippen LogP contribution in [0.5, 0.6) is 0 Å². The molecule has 0 bridgehead atoms. The van der Waals surface area contributed by atoms with E-state index in [1.54, 1.807) is 6.08 Å². The Kier molecular flexibility index (Phi) is 7.15. The number of hydrogen-bond donors (Lipinski definition) is 2. The van der Waals surface area contributed by atoms with Crippen molar-refractivity contribution in [2.75, 3.05) is 13.1 Å². The van der Waals surface area contributed by atoms with Crippen molar-refractivity contribution in [1.82, 2.24) is 10.2 Å². The highest BCUT2D eigenvalue weighted by molar-refractivity contribution is 8.26. The van der Waals surface area contributed by atoms with E-state index in [0.29, 0.717) is 22.2 Å². The van der Waals surface area contributed by atoms with Crippen LogP contribution in [-0.4, -0.2) is 45.2 Å². The molecular formula is C17H18N2O4S2. The molecule has 0 aliphatic carbocycles. The van der Waals surface area contributed by atoms with Crippen LogP contribution in [0.15, 0.2) is 35.2 Å². The summed E-state index contributed by atoms with van der Waals surface area (Å²) in [7, 11) is 0. The van der Waals surface area contributed by atoms with E-state index in [1.165, 1.54) is 16.7 Å². The van der Waals surface area contributed by atoms with Crippen molar-refractivity contribution >= 4 is 52.2 Å². The molecule has 2 N–H and O–H groups in total. The van der Waals surface area contributed by atoms with Crippen molar-refractivity contribution in [1.29, 1.82) is 0 Å². The highest BCUT2D eigenvalue weighted by Crippen LogP contribution is 2.32. The molecule has 1 aromatic carbocycles. The lowest BCUT2D eigenvalue weighted by atomic mass is 10.2. The summed E-state index contributed by atoms with van der Waals surface area (Å²) in [6, 6.07) is 9.48. The van der Waals surface area contributed by atoms with Gasteiger partial charge in [0, 0.05) is 25.9 Å². The number of thioether (sulfide) groups is 1. The molecule has 1 aromatic rings. The first-order valence-corrected chi connectivity index (χ1v) is 8.99. The first-order chi connectivity index (χ1) is 12.0. The van der Waals surface area contributed by atoms with Gasteiger partial charge in [0.05, 0.1) is 4.91 Å². The van der Waals surface area contributed by atoms with Crippen molar-refractivity contribution in [2.45, 2.75) is 19.3 Å². The number of carboxylic acid groups (broad SMARTS) is 1. The summed E-state index contributed by atoms with van der Waals surface area (Å²) in [6.07, 6.45) is 2.30. The van der Waals surface area contributed by atoms with Crippen LogP contribution in [-0.2, 0) is 14.4 Å². The van der Waals surface area contributed by atoms with Crippen molar-refractivity contribution in [3.63, 3.8) is 0 Å². The predicted molar refractivity (Wildman–Crippen MR) is 101 cm³/mol. The van der Waals surface area contributed by atoms with Crippen LogP contribution in [0.3, 0.4) is 0 Å². The monoisotopic (exact) mass is 378 g/mol. The van der Waals surface area contributed by atoms with Crippen LogP contribution in [0.1, 0.15) is 24.8 Å². The molecule has 1 aliphatic heterocycles. The number of rotatable bonds is 8. The van der Waals surface area contributed by atoms with Gasteiger partial charge in [-0.2, -0.15) is 0 Å². The van der Waals surface area contributed by atoms with E-state index in [9.17, 15) is 14.4 Å². The van der Waals surface area contributed by atoms with Crippen LogP contribution in [0, 0.1) is 0 Å². The van der Waals surface area contributed by atoms with Crippen LogP contribution in [0.25, 0.3) is 6.08 Å². The molecular weight excluding hydrogens is 360 g/mol. The zero-order valence-corrected chi connectivity index (χ0v) is 15.1. The summed E-state index contributed by atoms with van der Waals surface area (Å²) in [4.78, 5) is 36.6. The third kappa shape index (κ3) is 5.99. The van der Waals surface area contributed by atoms with E-state index in [0.717, 1.165) is 5.56 Å². The Morgan fingerprint density at radius 3 is 2.64 bits per heavy atom. The van der Waals surface area contributed by atoms with Gasteiger partial charge in [-0.3, -0.25) is 19.3 Å². The molecule has 1 fully saturated rings. The Bertz CT molecular complexity index is 704. The van der Waals surface area contributed by atoms with Crippen molar-refractivity contribution in [3.05, 3.63) is 40.8 Å². The molecule has 1 heterocycles. The minimum absolute atomic E-state index is 0.0132. The molecule has 0 saturated carbocycles. The van der Waals surface area contributed by atoms with E-state index >= 15 is 0 Å². The zero-order valence-electron chi connectivity index (χ0n) is 13.4. The number of carbonyl (C=O) groups is 3. The number of thiocarbonyl (C=S) groups is 1. The van der Waals surface area contributed by atoms with Crippen LogP contribution in [0.2, 0.25) is 0 Å². The van der Waals surface area contributed by atoms with Gasteiger partial charge in [-0.25, -0.2) is 0 Å². The van der Waals surface area contributed by atoms with Crippen molar-refractivity contribution in [2.24, 2.45) is 0 Å². The van der Waals surface area contributed by atoms with Gasteiger partial charge in [-0.05, 0) is 18.1 Å². The Morgan fingerprint density at radius 1 is 1.24 bits per heavy atom. The summed E-state index contributed by atoms with van der Waals surface area (Å²) in [5.41, 5.74) is 0.916. The highest BCUT2D eigenvalue weighted by Gasteiger charge is 2.31. The fourth-order valence-corrected chi connectivity index (χ4v) is 3.47. The van der Waals surface area contributed by atoms with Gasteiger partial charge in [0.2, 0.25) is 5.91 Å². The lowest BCUT2D eigenvalue weighted by molar-refractivity contribution is -0.137. The maximum absolute atomic E-state index is 12.4. The minimum Gasteiger partial charge on any atom is -0.481 e. The fourth-order valence-electron chi connectivity index (χ4n) is 2.16. The lowest BCUT2D eigenvalue weighted by Gasteiger charge is -2.14. The molecule has 0 aromatic heterocycles. The average Bonchev–Trinajstić information content (AvgIpc) is 2.84. The molecule has 2 amide bonds. The Balaban J connectivity index is 1.83. The SMILES string of the molecule is O=C(O)CCCNC(=O)CCN1C(=O)/C(=C/c2ccccc2)SC1=S. The number of nitrogens with one attached hydrogen (secondary N) is 1. The average molecular weight is 378 g/mol. The topological polar surface area (TPSA) is 86.7 Å². The van der Waals surface area contributed by atoms with Crippen molar-refractivity contribution < 1.29 is 19.5 Å². The third-order valence-corrected chi connectivity index (χ3v) is 4.80. The number of nitrogens with zero attached hydrogens (tertiary/aromatic N) is 1. The molecule has 0 spiro atoms. The Hall–Kier alpha value is -2.19. The largest absolute Gasteiger partial charge is 0.481 e. The van der Waals surface area contributed by atoms with Crippen molar-refractivity contribution in [3.8, 4) is 0 Å². The van der Waals surface area contributed by atoms with E-state index in [1.807, 2.05) is 30.3 Å².